The number of unbranched alkanes of at least 4 members (excludes halogenated alkanes) is 2. The summed E-state index contributed by atoms with van der Waals surface area (Å²) in [6.45, 7) is 2.94. The summed E-state index contributed by atoms with van der Waals surface area (Å²) in [5, 5.41) is 11.2. The highest BCUT2D eigenvalue weighted by molar-refractivity contribution is 5.81. The van der Waals surface area contributed by atoms with Gasteiger partial charge in [-0.2, -0.15) is 0 Å². The first kappa shape index (κ1) is 22.4. The maximum absolute atomic E-state index is 11.5. The molecule has 144 valence electrons. The Hall–Kier alpha value is -2.59. The number of nitrogens with zero attached hydrogens (tertiary/aromatic N) is 1. The van der Waals surface area contributed by atoms with Gasteiger partial charge >= 0.3 is 12.1 Å². The van der Waals surface area contributed by atoms with E-state index >= 15 is 0 Å². The lowest BCUT2D eigenvalue weighted by Gasteiger charge is -2.14. The molecular formula is C14H24N2O9. The van der Waals surface area contributed by atoms with E-state index in [0.29, 0.717) is 0 Å². The molecule has 0 aromatic rings. The largest absolute Gasteiger partial charge is 0.511 e. The Bertz CT molecular complexity index is 442. The molecule has 1 atom stereocenters. The number of amides is 1. The average Bonchev–Trinajstić information content (AvgIpc) is 2.53. The maximum Gasteiger partial charge on any atom is 0.511 e. The quantitative estimate of drug-likeness (QED) is 0.168. The summed E-state index contributed by atoms with van der Waals surface area (Å²) in [5.74, 6) is -1.30. The fraction of sp³-hybridized carbons (Fsp3) is 0.786. The molecular weight excluding hydrogens is 340 g/mol. The van der Waals surface area contributed by atoms with Gasteiger partial charge in [0.1, 0.15) is 6.54 Å². The van der Waals surface area contributed by atoms with Crippen LogP contribution < -0.4 is 5.32 Å². The Morgan fingerprint density at radius 1 is 1.12 bits per heavy atom. The second-order valence-electron chi connectivity index (χ2n) is 4.92. The van der Waals surface area contributed by atoms with Gasteiger partial charge in [-0.3, -0.25) is 9.59 Å². The van der Waals surface area contributed by atoms with Gasteiger partial charge in [0.25, 0.3) is 5.09 Å². The van der Waals surface area contributed by atoms with Crippen LogP contribution in [0.5, 0.6) is 0 Å². The zero-order chi connectivity index (χ0) is 19.1. The topological polar surface area (TPSA) is 143 Å². The molecule has 0 spiro atoms. The van der Waals surface area contributed by atoms with Crippen molar-refractivity contribution < 1.29 is 38.5 Å². The molecule has 0 heterocycles. The molecule has 0 aliphatic rings. The summed E-state index contributed by atoms with van der Waals surface area (Å²) in [6.07, 6.45) is 0.625. The van der Waals surface area contributed by atoms with Crippen LogP contribution in [0.1, 0.15) is 46.0 Å². The van der Waals surface area contributed by atoms with E-state index in [4.69, 9.17) is 14.2 Å². The highest BCUT2D eigenvalue weighted by Gasteiger charge is 2.15. The molecule has 11 nitrogen and oxygen atoms in total. The third kappa shape index (κ3) is 14.7. The Kier molecular flexibility index (Phi) is 12.4. The predicted octanol–water partition coefficient (Wildman–Crippen LogP) is 1.32. The molecule has 0 saturated heterocycles. The van der Waals surface area contributed by atoms with E-state index in [1.807, 2.05) is 6.92 Å². The molecule has 0 aliphatic heterocycles. The Balaban J connectivity index is 3.77. The van der Waals surface area contributed by atoms with E-state index in [-0.39, 0.29) is 26.1 Å². The lowest BCUT2D eigenvalue weighted by atomic mass is 10.3. The molecule has 25 heavy (non-hydrogen) atoms. The fourth-order valence-corrected chi connectivity index (χ4v) is 1.56. The van der Waals surface area contributed by atoms with Crippen molar-refractivity contribution in [2.45, 2.75) is 52.2 Å². The summed E-state index contributed by atoms with van der Waals surface area (Å²) in [4.78, 5) is 48.1. The molecule has 0 aliphatic carbocycles. The molecule has 1 N–H and O–H groups in total. The van der Waals surface area contributed by atoms with E-state index in [9.17, 15) is 24.5 Å². The molecule has 0 bridgehead atoms. The summed E-state index contributed by atoms with van der Waals surface area (Å²) in [5.41, 5.74) is 0. The monoisotopic (exact) mass is 364 g/mol. The minimum Gasteiger partial charge on any atom is -0.434 e. The first-order valence-electron chi connectivity index (χ1n) is 7.92. The summed E-state index contributed by atoms with van der Waals surface area (Å²) in [7, 11) is 0. The van der Waals surface area contributed by atoms with E-state index in [2.05, 4.69) is 10.2 Å². The van der Waals surface area contributed by atoms with Gasteiger partial charge in [0.15, 0.2) is 0 Å². The van der Waals surface area contributed by atoms with Gasteiger partial charge in [-0.05, 0) is 12.8 Å². The molecule has 0 radical (unpaired) electrons. The van der Waals surface area contributed by atoms with Crippen molar-refractivity contribution in [3.05, 3.63) is 10.1 Å². The normalized spacial score (nSPS) is 11.1. The van der Waals surface area contributed by atoms with Crippen LogP contribution in [-0.2, 0) is 28.6 Å². The van der Waals surface area contributed by atoms with Crippen LogP contribution in [0.4, 0.5) is 4.79 Å². The van der Waals surface area contributed by atoms with Crippen LogP contribution >= 0.6 is 0 Å². The lowest BCUT2D eigenvalue weighted by molar-refractivity contribution is -0.757. The number of hydrogen-bond donors (Lipinski definition) is 1. The molecule has 1 amide bonds. The molecule has 0 aromatic heterocycles. The first-order chi connectivity index (χ1) is 11.8. The van der Waals surface area contributed by atoms with Crippen LogP contribution in [0, 0.1) is 10.1 Å². The van der Waals surface area contributed by atoms with E-state index < -0.39 is 36.0 Å². The van der Waals surface area contributed by atoms with E-state index in [0.717, 1.165) is 19.3 Å². The van der Waals surface area contributed by atoms with Gasteiger partial charge in [0, 0.05) is 13.3 Å². The second kappa shape index (κ2) is 13.8. The van der Waals surface area contributed by atoms with Crippen molar-refractivity contribution in [3.63, 3.8) is 0 Å². The van der Waals surface area contributed by atoms with Crippen molar-refractivity contribution in [1.29, 1.82) is 0 Å². The van der Waals surface area contributed by atoms with Gasteiger partial charge in [0.2, 0.25) is 12.2 Å². The van der Waals surface area contributed by atoms with Crippen LogP contribution in [0.3, 0.4) is 0 Å². The zero-order valence-corrected chi connectivity index (χ0v) is 14.4. The lowest BCUT2D eigenvalue weighted by Crippen LogP contribution is -2.33. The number of rotatable bonds is 13. The number of esters is 1. The van der Waals surface area contributed by atoms with Gasteiger partial charge in [-0.25, -0.2) is 4.79 Å². The van der Waals surface area contributed by atoms with Gasteiger partial charge in [0.05, 0.1) is 13.2 Å². The van der Waals surface area contributed by atoms with Gasteiger partial charge in [-0.15, -0.1) is 10.1 Å². The molecule has 0 aromatic carbocycles. The number of carbonyl (C=O) groups excluding carboxylic acids is 3. The maximum atomic E-state index is 11.5. The summed E-state index contributed by atoms with van der Waals surface area (Å²) >= 11 is 0. The van der Waals surface area contributed by atoms with Crippen LogP contribution in [0.15, 0.2) is 0 Å². The van der Waals surface area contributed by atoms with Crippen molar-refractivity contribution in [2.24, 2.45) is 0 Å². The minimum absolute atomic E-state index is 0.0444. The van der Waals surface area contributed by atoms with Crippen molar-refractivity contribution >= 4 is 18.0 Å². The third-order valence-electron chi connectivity index (χ3n) is 2.70. The Morgan fingerprint density at radius 2 is 1.84 bits per heavy atom. The SMILES string of the molecule is CCCCCOC(=O)OC(C)OC(=O)CNC(=O)CCCO[N+](=O)[O-]. The van der Waals surface area contributed by atoms with Crippen molar-refractivity contribution in [2.75, 3.05) is 19.8 Å². The predicted molar refractivity (Wildman–Crippen MR) is 82.7 cm³/mol. The molecule has 1 unspecified atom stereocenters. The Morgan fingerprint density at radius 3 is 2.48 bits per heavy atom. The number of nitrogens with one attached hydrogen (secondary N) is 1. The van der Waals surface area contributed by atoms with Crippen molar-refractivity contribution in [3.8, 4) is 0 Å². The highest BCUT2D eigenvalue weighted by atomic mass is 16.9. The van der Waals surface area contributed by atoms with Gasteiger partial charge in [-0.1, -0.05) is 19.8 Å². The van der Waals surface area contributed by atoms with Crippen LogP contribution in [0.2, 0.25) is 0 Å². The Labute approximate surface area is 145 Å². The standard InChI is InChI=1S/C14H24N2O9/c1-3-4-5-8-22-14(19)25-11(2)24-13(18)10-15-12(17)7-6-9-23-16(20)21/h11H,3-10H2,1-2H3,(H,15,17). The highest BCUT2D eigenvalue weighted by Crippen LogP contribution is 2.00. The number of carbonyl (C=O) groups is 3. The molecule has 0 fully saturated rings. The zero-order valence-electron chi connectivity index (χ0n) is 14.4. The number of hydrogen-bond acceptors (Lipinski definition) is 9. The van der Waals surface area contributed by atoms with Crippen molar-refractivity contribution in [1.82, 2.24) is 5.32 Å². The first-order valence-corrected chi connectivity index (χ1v) is 7.92. The average molecular weight is 364 g/mol. The van der Waals surface area contributed by atoms with Crippen LogP contribution in [-0.4, -0.2) is 49.2 Å². The molecule has 11 heteroatoms. The minimum atomic E-state index is -1.16. The molecule has 0 rings (SSSR count). The smallest absolute Gasteiger partial charge is 0.434 e. The van der Waals surface area contributed by atoms with E-state index in [1.165, 1.54) is 6.92 Å². The van der Waals surface area contributed by atoms with Crippen LogP contribution in [0.25, 0.3) is 0 Å². The third-order valence-corrected chi connectivity index (χ3v) is 2.70. The number of ether oxygens (including phenoxy) is 3. The van der Waals surface area contributed by atoms with E-state index in [1.54, 1.807) is 0 Å². The van der Waals surface area contributed by atoms with Gasteiger partial charge < -0.3 is 24.4 Å². The second-order valence-corrected chi connectivity index (χ2v) is 4.92. The fourth-order valence-electron chi connectivity index (χ4n) is 1.56. The molecule has 0 saturated carbocycles. The summed E-state index contributed by atoms with van der Waals surface area (Å²) in [6, 6.07) is 0. The summed E-state index contributed by atoms with van der Waals surface area (Å²) < 4.78 is 14.3.